The Balaban J connectivity index is 2.09. The van der Waals surface area contributed by atoms with Gasteiger partial charge in [-0.05, 0) is 43.3 Å². The summed E-state index contributed by atoms with van der Waals surface area (Å²) in [5.41, 5.74) is 3.05. The maximum absolute atomic E-state index is 11.0. The smallest absolute Gasteiger partial charge is 0.335 e. The van der Waals surface area contributed by atoms with Crippen LogP contribution in [0.5, 0.6) is 5.75 Å². The minimum absolute atomic E-state index is 0.469. The molecule has 2 nitrogen and oxygen atoms in total. The Morgan fingerprint density at radius 3 is 2.00 bits per heavy atom. The van der Waals surface area contributed by atoms with Crippen LogP contribution in [0, 0.1) is 18.8 Å². The summed E-state index contributed by atoms with van der Waals surface area (Å²) in [5, 5.41) is 0. The molecule has 2 rings (SSSR count). The molecule has 2 heteroatoms. The van der Waals surface area contributed by atoms with Crippen LogP contribution in [0.1, 0.15) is 16.7 Å². The SMILES string of the molecule is C=CC(=O)Oc1ccc(C#Cc2ccc(C)cc2)cc1. The molecule has 0 unspecified atom stereocenters. The molecule has 0 aliphatic rings. The molecule has 0 radical (unpaired) electrons. The highest BCUT2D eigenvalue weighted by Gasteiger charge is 1.98. The summed E-state index contributed by atoms with van der Waals surface area (Å²) in [4.78, 5) is 11.0. The number of carbonyl (C=O) groups excluding carboxylic acids is 1. The lowest BCUT2D eigenvalue weighted by Crippen LogP contribution is -2.02. The molecule has 0 spiro atoms. The van der Waals surface area contributed by atoms with E-state index >= 15 is 0 Å². The van der Waals surface area contributed by atoms with Gasteiger partial charge in [0.05, 0.1) is 0 Å². The lowest BCUT2D eigenvalue weighted by atomic mass is 10.1. The molecular formula is C18H14O2. The van der Waals surface area contributed by atoms with Gasteiger partial charge in [-0.25, -0.2) is 4.79 Å². The van der Waals surface area contributed by atoms with E-state index < -0.39 is 5.97 Å². The first kappa shape index (κ1) is 13.6. The van der Waals surface area contributed by atoms with E-state index in [1.165, 1.54) is 5.56 Å². The third kappa shape index (κ3) is 3.86. The van der Waals surface area contributed by atoms with Crippen molar-refractivity contribution in [1.29, 1.82) is 0 Å². The molecule has 0 bridgehead atoms. The molecule has 0 aromatic heterocycles. The highest BCUT2D eigenvalue weighted by atomic mass is 16.5. The van der Waals surface area contributed by atoms with Gasteiger partial charge in [-0.15, -0.1) is 0 Å². The largest absolute Gasteiger partial charge is 0.423 e. The number of rotatable bonds is 2. The highest BCUT2D eigenvalue weighted by Crippen LogP contribution is 2.12. The molecule has 0 aliphatic heterocycles. The second-order valence-electron chi connectivity index (χ2n) is 4.27. The van der Waals surface area contributed by atoms with Gasteiger partial charge in [0.1, 0.15) is 5.75 Å². The van der Waals surface area contributed by atoms with Crippen LogP contribution in [-0.2, 0) is 4.79 Å². The molecule has 0 saturated heterocycles. The molecule has 20 heavy (non-hydrogen) atoms. The number of esters is 1. The summed E-state index contributed by atoms with van der Waals surface area (Å²) >= 11 is 0. The van der Waals surface area contributed by atoms with E-state index in [9.17, 15) is 4.79 Å². The standard InChI is InChI=1S/C18H14O2/c1-3-18(19)20-17-12-10-16(11-13-17)9-8-15-6-4-14(2)5-7-15/h3-7,10-13H,1H2,2H3. The van der Waals surface area contributed by atoms with E-state index in [0.29, 0.717) is 5.75 Å². The minimum Gasteiger partial charge on any atom is -0.423 e. The number of carbonyl (C=O) groups is 1. The van der Waals surface area contributed by atoms with Gasteiger partial charge in [-0.2, -0.15) is 0 Å². The zero-order valence-electron chi connectivity index (χ0n) is 11.2. The van der Waals surface area contributed by atoms with Crippen LogP contribution < -0.4 is 4.74 Å². The van der Waals surface area contributed by atoms with Crippen LogP contribution >= 0.6 is 0 Å². The maximum atomic E-state index is 11.0. The second-order valence-corrected chi connectivity index (χ2v) is 4.27. The van der Waals surface area contributed by atoms with Crippen molar-refractivity contribution in [1.82, 2.24) is 0 Å². The van der Waals surface area contributed by atoms with Gasteiger partial charge in [0.15, 0.2) is 0 Å². The summed E-state index contributed by atoms with van der Waals surface area (Å²) in [6.45, 7) is 5.39. The fourth-order valence-corrected chi connectivity index (χ4v) is 1.55. The second kappa shape index (κ2) is 6.40. The van der Waals surface area contributed by atoms with Gasteiger partial charge in [0, 0.05) is 17.2 Å². The molecular weight excluding hydrogens is 248 g/mol. The van der Waals surface area contributed by atoms with Crippen LogP contribution in [0.2, 0.25) is 0 Å². The van der Waals surface area contributed by atoms with Crippen molar-refractivity contribution in [2.24, 2.45) is 0 Å². The first-order valence-corrected chi connectivity index (χ1v) is 6.20. The number of benzene rings is 2. The van der Waals surface area contributed by atoms with Gasteiger partial charge in [0.2, 0.25) is 0 Å². The molecule has 0 heterocycles. The van der Waals surface area contributed by atoms with Crippen LogP contribution in [0.15, 0.2) is 61.2 Å². The Morgan fingerprint density at radius 1 is 1.00 bits per heavy atom. The average Bonchev–Trinajstić information content (AvgIpc) is 2.48. The predicted molar refractivity (Wildman–Crippen MR) is 79.4 cm³/mol. The first-order chi connectivity index (χ1) is 9.67. The zero-order valence-corrected chi connectivity index (χ0v) is 11.2. The van der Waals surface area contributed by atoms with Crippen LogP contribution in [0.3, 0.4) is 0 Å². The van der Waals surface area contributed by atoms with Crippen LogP contribution in [0.4, 0.5) is 0 Å². The van der Waals surface area contributed by atoms with Gasteiger partial charge in [0.25, 0.3) is 0 Å². The van der Waals surface area contributed by atoms with E-state index in [1.54, 1.807) is 12.1 Å². The number of hydrogen-bond donors (Lipinski definition) is 0. The molecule has 2 aromatic carbocycles. The van der Waals surface area contributed by atoms with Crippen molar-refractivity contribution in [2.45, 2.75) is 6.92 Å². The first-order valence-electron chi connectivity index (χ1n) is 6.20. The van der Waals surface area contributed by atoms with Gasteiger partial charge in [-0.1, -0.05) is 36.1 Å². The monoisotopic (exact) mass is 262 g/mol. The summed E-state index contributed by atoms with van der Waals surface area (Å²) in [6, 6.07) is 15.1. The fraction of sp³-hybridized carbons (Fsp3) is 0.0556. The van der Waals surface area contributed by atoms with Crippen molar-refractivity contribution >= 4 is 5.97 Å². The van der Waals surface area contributed by atoms with Crippen molar-refractivity contribution in [3.05, 3.63) is 77.9 Å². The molecule has 0 amide bonds. The number of hydrogen-bond acceptors (Lipinski definition) is 2. The third-order valence-electron chi connectivity index (χ3n) is 2.64. The molecule has 0 N–H and O–H groups in total. The molecule has 0 fully saturated rings. The summed E-state index contributed by atoms with van der Waals surface area (Å²) in [6.07, 6.45) is 1.13. The van der Waals surface area contributed by atoms with E-state index in [0.717, 1.165) is 17.2 Å². The van der Waals surface area contributed by atoms with E-state index in [1.807, 2.05) is 43.3 Å². The van der Waals surface area contributed by atoms with Gasteiger partial charge in [-0.3, -0.25) is 0 Å². The Morgan fingerprint density at radius 2 is 1.50 bits per heavy atom. The average molecular weight is 262 g/mol. The van der Waals surface area contributed by atoms with Crippen LogP contribution in [-0.4, -0.2) is 5.97 Å². The Hall–Kier alpha value is -2.79. The Kier molecular flexibility index (Phi) is 4.36. The molecule has 0 atom stereocenters. The van der Waals surface area contributed by atoms with Gasteiger partial charge < -0.3 is 4.74 Å². The van der Waals surface area contributed by atoms with Gasteiger partial charge >= 0.3 is 5.97 Å². The van der Waals surface area contributed by atoms with E-state index in [-0.39, 0.29) is 0 Å². The normalized spacial score (nSPS) is 9.25. The van der Waals surface area contributed by atoms with Crippen LogP contribution in [0.25, 0.3) is 0 Å². The van der Waals surface area contributed by atoms with E-state index in [4.69, 9.17) is 4.74 Å². The summed E-state index contributed by atoms with van der Waals surface area (Å²) in [7, 11) is 0. The lowest BCUT2D eigenvalue weighted by molar-refractivity contribution is -0.128. The summed E-state index contributed by atoms with van der Waals surface area (Å²) < 4.78 is 4.99. The number of ether oxygens (including phenoxy) is 1. The molecule has 0 aliphatic carbocycles. The Bertz CT molecular complexity index is 668. The fourth-order valence-electron chi connectivity index (χ4n) is 1.55. The van der Waals surface area contributed by atoms with Crippen molar-refractivity contribution in [3.63, 3.8) is 0 Å². The maximum Gasteiger partial charge on any atom is 0.335 e. The highest BCUT2D eigenvalue weighted by molar-refractivity contribution is 5.83. The van der Waals surface area contributed by atoms with Crippen molar-refractivity contribution in [3.8, 4) is 17.6 Å². The summed E-state index contributed by atoms with van der Waals surface area (Å²) in [5.74, 6) is 6.16. The lowest BCUT2D eigenvalue weighted by Gasteiger charge is -2.00. The number of aryl methyl sites for hydroxylation is 1. The van der Waals surface area contributed by atoms with E-state index in [2.05, 4.69) is 18.4 Å². The molecule has 0 saturated carbocycles. The topological polar surface area (TPSA) is 26.3 Å². The van der Waals surface area contributed by atoms with Crippen molar-refractivity contribution in [2.75, 3.05) is 0 Å². The zero-order chi connectivity index (χ0) is 14.4. The quantitative estimate of drug-likeness (QED) is 0.358. The Labute approximate surface area is 118 Å². The predicted octanol–water partition coefficient (Wildman–Crippen LogP) is 3.49. The molecule has 98 valence electrons. The van der Waals surface area contributed by atoms with Crippen molar-refractivity contribution < 1.29 is 9.53 Å². The minimum atomic E-state index is -0.469. The molecule has 2 aromatic rings. The third-order valence-corrected chi connectivity index (χ3v) is 2.64.